The molecule has 1 aromatic heterocycles. The van der Waals surface area contributed by atoms with Crippen LogP contribution in [-0.2, 0) is 9.47 Å². The Morgan fingerprint density at radius 3 is 3.06 bits per heavy atom. The van der Waals surface area contributed by atoms with Gasteiger partial charge in [0.15, 0.2) is 0 Å². The first-order valence-corrected chi connectivity index (χ1v) is 6.59. The largest absolute Gasteiger partial charge is 0.376 e. The SMILES string of the molecule is O=C(NCC1COCCO1)c1ccc(Br)s1. The van der Waals surface area contributed by atoms with Gasteiger partial charge in [0.1, 0.15) is 0 Å². The van der Waals surface area contributed by atoms with Crippen LogP contribution in [0.25, 0.3) is 0 Å². The van der Waals surface area contributed by atoms with Crippen molar-refractivity contribution in [1.82, 2.24) is 5.32 Å². The summed E-state index contributed by atoms with van der Waals surface area (Å²) in [5, 5.41) is 2.83. The first-order chi connectivity index (χ1) is 7.75. The van der Waals surface area contributed by atoms with Gasteiger partial charge in [-0.15, -0.1) is 11.3 Å². The van der Waals surface area contributed by atoms with Gasteiger partial charge in [0.2, 0.25) is 0 Å². The van der Waals surface area contributed by atoms with E-state index < -0.39 is 0 Å². The van der Waals surface area contributed by atoms with Gasteiger partial charge in [-0.2, -0.15) is 0 Å². The Morgan fingerprint density at radius 2 is 2.44 bits per heavy atom. The van der Waals surface area contributed by atoms with Crippen LogP contribution in [0.2, 0.25) is 0 Å². The van der Waals surface area contributed by atoms with Crippen LogP contribution in [0.5, 0.6) is 0 Å². The average molecular weight is 306 g/mol. The number of halogens is 1. The molecule has 1 unspecified atom stereocenters. The summed E-state index contributed by atoms with van der Waals surface area (Å²) in [6.07, 6.45) is -0.0268. The first kappa shape index (κ1) is 12.0. The van der Waals surface area contributed by atoms with Gasteiger partial charge in [0.05, 0.1) is 34.6 Å². The number of ether oxygens (including phenoxy) is 2. The second kappa shape index (κ2) is 5.77. The van der Waals surface area contributed by atoms with E-state index in [0.29, 0.717) is 31.2 Å². The highest BCUT2D eigenvalue weighted by Gasteiger charge is 2.16. The van der Waals surface area contributed by atoms with Gasteiger partial charge in [-0.1, -0.05) is 0 Å². The summed E-state index contributed by atoms with van der Waals surface area (Å²) in [4.78, 5) is 12.4. The van der Waals surface area contributed by atoms with Gasteiger partial charge in [0, 0.05) is 6.54 Å². The van der Waals surface area contributed by atoms with Crippen molar-refractivity contribution in [1.29, 1.82) is 0 Å². The topological polar surface area (TPSA) is 47.6 Å². The fraction of sp³-hybridized carbons (Fsp3) is 0.500. The minimum absolute atomic E-state index is 0.0268. The molecular weight excluding hydrogens is 294 g/mol. The third kappa shape index (κ3) is 3.28. The van der Waals surface area contributed by atoms with Gasteiger partial charge < -0.3 is 14.8 Å². The molecule has 0 radical (unpaired) electrons. The lowest BCUT2D eigenvalue weighted by atomic mass is 10.3. The number of nitrogens with one attached hydrogen (secondary N) is 1. The molecule has 0 bridgehead atoms. The van der Waals surface area contributed by atoms with Gasteiger partial charge in [-0.25, -0.2) is 0 Å². The number of thiophene rings is 1. The molecule has 2 rings (SSSR count). The molecule has 16 heavy (non-hydrogen) atoms. The highest BCUT2D eigenvalue weighted by atomic mass is 79.9. The summed E-state index contributed by atoms with van der Waals surface area (Å²) in [6.45, 7) is 2.29. The van der Waals surface area contributed by atoms with Gasteiger partial charge in [-0.3, -0.25) is 4.79 Å². The summed E-state index contributed by atoms with van der Waals surface area (Å²) in [5.74, 6) is -0.0649. The van der Waals surface area contributed by atoms with E-state index >= 15 is 0 Å². The minimum atomic E-state index is -0.0649. The zero-order valence-corrected chi connectivity index (χ0v) is 11.0. The minimum Gasteiger partial charge on any atom is -0.376 e. The molecule has 1 aliphatic rings. The van der Waals surface area contributed by atoms with E-state index in [1.54, 1.807) is 6.07 Å². The van der Waals surface area contributed by atoms with Crippen molar-refractivity contribution in [2.75, 3.05) is 26.4 Å². The van der Waals surface area contributed by atoms with Crippen LogP contribution in [0.3, 0.4) is 0 Å². The number of rotatable bonds is 3. The van der Waals surface area contributed by atoms with Crippen molar-refractivity contribution >= 4 is 33.2 Å². The Bertz CT molecular complexity index is 363. The van der Waals surface area contributed by atoms with Crippen LogP contribution in [0.15, 0.2) is 15.9 Å². The van der Waals surface area contributed by atoms with Crippen LogP contribution >= 0.6 is 27.3 Å². The van der Waals surface area contributed by atoms with E-state index in [1.165, 1.54) is 11.3 Å². The molecule has 1 atom stereocenters. The Labute approximate surface area is 106 Å². The zero-order chi connectivity index (χ0) is 11.4. The van der Waals surface area contributed by atoms with E-state index in [4.69, 9.17) is 9.47 Å². The highest BCUT2D eigenvalue weighted by molar-refractivity contribution is 9.11. The average Bonchev–Trinajstić information content (AvgIpc) is 2.74. The zero-order valence-electron chi connectivity index (χ0n) is 8.57. The van der Waals surface area contributed by atoms with E-state index in [-0.39, 0.29) is 12.0 Å². The maximum Gasteiger partial charge on any atom is 0.261 e. The lowest BCUT2D eigenvalue weighted by Crippen LogP contribution is -2.39. The first-order valence-electron chi connectivity index (χ1n) is 4.98. The number of carbonyl (C=O) groups excluding carboxylic acids is 1. The van der Waals surface area contributed by atoms with E-state index in [2.05, 4.69) is 21.2 Å². The standard InChI is InChI=1S/C10H12BrNO3S/c11-9-2-1-8(16-9)10(13)12-5-7-6-14-3-4-15-7/h1-2,7H,3-6H2,(H,12,13). The lowest BCUT2D eigenvalue weighted by Gasteiger charge is -2.22. The fourth-order valence-electron chi connectivity index (χ4n) is 1.38. The maximum atomic E-state index is 11.7. The summed E-state index contributed by atoms with van der Waals surface area (Å²) < 4.78 is 11.6. The van der Waals surface area contributed by atoms with Crippen LogP contribution in [0.1, 0.15) is 9.67 Å². The van der Waals surface area contributed by atoms with Gasteiger partial charge in [0.25, 0.3) is 5.91 Å². The van der Waals surface area contributed by atoms with Crippen molar-refractivity contribution in [2.24, 2.45) is 0 Å². The van der Waals surface area contributed by atoms with E-state index in [9.17, 15) is 4.79 Å². The van der Waals surface area contributed by atoms with Crippen LogP contribution < -0.4 is 5.32 Å². The molecule has 0 aliphatic carbocycles. The Morgan fingerprint density at radius 1 is 1.56 bits per heavy atom. The van der Waals surface area contributed by atoms with Crippen molar-refractivity contribution in [3.8, 4) is 0 Å². The molecule has 1 fully saturated rings. The molecule has 1 amide bonds. The van der Waals surface area contributed by atoms with Crippen molar-refractivity contribution in [2.45, 2.75) is 6.10 Å². The second-order valence-electron chi connectivity index (χ2n) is 3.38. The molecule has 1 N–H and O–H groups in total. The molecule has 6 heteroatoms. The molecule has 0 saturated carbocycles. The normalized spacial score (nSPS) is 20.7. The van der Waals surface area contributed by atoms with Crippen LogP contribution in [0, 0.1) is 0 Å². The Hall–Kier alpha value is -0.430. The molecule has 1 aliphatic heterocycles. The van der Waals surface area contributed by atoms with Crippen molar-refractivity contribution in [3.63, 3.8) is 0 Å². The number of carbonyl (C=O) groups is 1. The molecule has 1 aromatic rings. The molecule has 4 nitrogen and oxygen atoms in total. The van der Waals surface area contributed by atoms with Gasteiger partial charge >= 0.3 is 0 Å². The summed E-state index contributed by atoms with van der Waals surface area (Å²) in [5.41, 5.74) is 0. The molecule has 0 aromatic carbocycles. The number of hydrogen-bond donors (Lipinski definition) is 1. The van der Waals surface area contributed by atoms with Crippen molar-refractivity contribution in [3.05, 3.63) is 20.8 Å². The number of hydrogen-bond acceptors (Lipinski definition) is 4. The van der Waals surface area contributed by atoms with Crippen LogP contribution in [0.4, 0.5) is 0 Å². The molecule has 2 heterocycles. The molecule has 0 spiro atoms. The highest BCUT2D eigenvalue weighted by Crippen LogP contribution is 2.21. The Balaban J connectivity index is 1.79. The predicted molar refractivity (Wildman–Crippen MR) is 64.9 cm³/mol. The fourth-order valence-corrected chi connectivity index (χ4v) is 2.69. The van der Waals surface area contributed by atoms with Crippen molar-refractivity contribution < 1.29 is 14.3 Å². The number of amides is 1. The molecular formula is C10H12BrNO3S. The summed E-state index contributed by atoms with van der Waals surface area (Å²) in [6, 6.07) is 3.65. The summed E-state index contributed by atoms with van der Waals surface area (Å²) in [7, 11) is 0. The van der Waals surface area contributed by atoms with E-state index in [1.807, 2.05) is 6.07 Å². The van der Waals surface area contributed by atoms with Crippen LogP contribution in [-0.4, -0.2) is 38.4 Å². The predicted octanol–water partition coefficient (Wildman–Crippen LogP) is 1.66. The third-order valence-electron chi connectivity index (χ3n) is 2.17. The van der Waals surface area contributed by atoms with E-state index in [0.717, 1.165) is 3.79 Å². The lowest BCUT2D eigenvalue weighted by molar-refractivity contribution is -0.0855. The van der Waals surface area contributed by atoms with Gasteiger partial charge in [-0.05, 0) is 28.1 Å². The monoisotopic (exact) mass is 305 g/mol. The second-order valence-corrected chi connectivity index (χ2v) is 5.84. The quantitative estimate of drug-likeness (QED) is 0.924. The molecule has 1 saturated heterocycles. The summed E-state index contributed by atoms with van der Waals surface area (Å²) >= 11 is 4.74. The smallest absolute Gasteiger partial charge is 0.261 e. The maximum absolute atomic E-state index is 11.7. The third-order valence-corrected chi connectivity index (χ3v) is 3.79. The Kier molecular flexibility index (Phi) is 4.34. The molecule has 88 valence electrons.